The molecule has 0 aromatic carbocycles. The van der Waals surface area contributed by atoms with E-state index in [-0.39, 0.29) is 6.54 Å². The van der Waals surface area contributed by atoms with Gasteiger partial charge in [0.1, 0.15) is 0 Å². The predicted molar refractivity (Wildman–Crippen MR) is 47.8 cm³/mol. The summed E-state index contributed by atoms with van der Waals surface area (Å²) in [4.78, 5) is 20.9. The predicted octanol–water partition coefficient (Wildman–Crippen LogP) is -1.97. The Kier molecular flexibility index (Phi) is 4.81. The van der Waals surface area contributed by atoms with E-state index in [1.807, 2.05) is 0 Å². The van der Waals surface area contributed by atoms with Gasteiger partial charge in [0.2, 0.25) is 11.8 Å². The molecule has 0 aliphatic rings. The molecule has 0 unspecified atom stereocenters. The molecule has 7 nitrogen and oxygen atoms in total. The number of carbonyl (C=O) groups is 2. The van der Waals surface area contributed by atoms with Crippen molar-refractivity contribution in [2.75, 3.05) is 12.3 Å². The molecular formula is C6H10N2O5S. The minimum Gasteiger partial charge on any atom is -0.366 e. The second-order valence-corrected chi connectivity index (χ2v) is 3.88. The van der Waals surface area contributed by atoms with Crippen LogP contribution in [0.25, 0.3) is 0 Å². The zero-order valence-corrected chi connectivity index (χ0v) is 7.95. The highest BCUT2D eigenvalue weighted by molar-refractivity contribution is 7.85. The lowest BCUT2D eigenvalue weighted by molar-refractivity contribution is -0.117. The van der Waals surface area contributed by atoms with Crippen molar-refractivity contribution in [3.8, 4) is 0 Å². The van der Waals surface area contributed by atoms with E-state index in [2.05, 4.69) is 5.32 Å². The Labute approximate surface area is 80.7 Å². The van der Waals surface area contributed by atoms with Gasteiger partial charge in [-0.1, -0.05) is 0 Å². The molecule has 0 aromatic heterocycles. The molecule has 14 heavy (non-hydrogen) atoms. The molecule has 0 saturated heterocycles. The largest absolute Gasteiger partial charge is 0.366 e. The molecule has 0 fully saturated rings. The van der Waals surface area contributed by atoms with Crippen LogP contribution >= 0.6 is 0 Å². The van der Waals surface area contributed by atoms with Crippen molar-refractivity contribution in [1.29, 1.82) is 0 Å². The Morgan fingerprint density at radius 2 is 1.93 bits per heavy atom. The normalized spacial score (nSPS) is 11.5. The molecule has 0 spiro atoms. The number of hydrogen-bond donors (Lipinski definition) is 3. The maximum absolute atomic E-state index is 10.8. The van der Waals surface area contributed by atoms with Gasteiger partial charge in [0.05, 0.1) is 5.75 Å². The second kappa shape index (κ2) is 5.35. The Morgan fingerprint density at radius 1 is 1.36 bits per heavy atom. The molecule has 80 valence electrons. The van der Waals surface area contributed by atoms with Crippen molar-refractivity contribution < 1.29 is 22.6 Å². The maximum atomic E-state index is 10.8. The van der Waals surface area contributed by atoms with Gasteiger partial charge in [-0.25, -0.2) is 0 Å². The number of amides is 2. The van der Waals surface area contributed by atoms with Crippen molar-refractivity contribution in [3.63, 3.8) is 0 Å². The lowest BCUT2D eigenvalue weighted by Gasteiger charge is -1.98. The van der Waals surface area contributed by atoms with Crippen molar-refractivity contribution in [3.05, 3.63) is 12.2 Å². The molecule has 0 aromatic rings. The van der Waals surface area contributed by atoms with Crippen LogP contribution in [0.2, 0.25) is 0 Å². The van der Waals surface area contributed by atoms with E-state index in [0.717, 1.165) is 12.2 Å². The Hall–Kier alpha value is -1.41. The highest BCUT2D eigenvalue weighted by atomic mass is 32.2. The van der Waals surface area contributed by atoms with Crippen LogP contribution in [0.3, 0.4) is 0 Å². The highest BCUT2D eigenvalue weighted by Gasteiger charge is 2.04. The van der Waals surface area contributed by atoms with E-state index in [1.54, 1.807) is 0 Å². The third-order valence-corrected chi connectivity index (χ3v) is 1.78. The van der Waals surface area contributed by atoms with Gasteiger partial charge in [-0.2, -0.15) is 8.42 Å². The summed E-state index contributed by atoms with van der Waals surface area (Å²) in [6.45, 7) is -0.235. The summed E-state index contributed by atoms with van der Waals surface area (Å²) in [7, 11) is -4.08. The molecule has 2 amide bonds. The molecular weight excluding hydrogens is 212 g/mol. The van der Waals surface area contributed by atoms with Crippen LogP contribution in [-0.4, -0.2) is 37.1 Å². The second-order valence-electron chi connectivity index (χ2n) is 2.31. The third-order valence-electron chi connectivity index (χ3n) is 1.06. The molecule has 8 heteroatoms. The molecule has 0 bridgehead atoms. The van der Waals surface area contributed by atoms with Crippen LogP contribution in [0, 0.1) is 0 Å². The summed E-state index contributed by atoms with van der Waals surface area (Å²) in [5.74, 6) is -2.02. The van der Waals surface area contributed by atoms with Gasteiger partial charge < -0.3 is 11.1 Å². The maximum Gasteiger partial charge on any atom is 0.266 e. The third kappa shape index (κ3) is 8.68. The van der Waals surface area contributed by atoms with Crippen LogP contribution in [0.5, 0.6) is 0 Å². The van der Waals surface area contributed by atoms with Gasteiger partial charge in [0.25, 0.3) is 10.1 Å². The summed E-state index contributed by atoms with van der Waals surface area (Å²) in [5, 5.41) is 2.12. The van der Waals surface area contributed by atoms with E-state index < -0.39 is 27.7 Å². The van der Waals surface area contributed by atoms with Crippen molar-refractivity contribution >= 4 is 21.9 Å². The van der Waals surface area contributed by atoms with Gasteiger partial charge in [-0.05, 0) is 0 Å². The molecule has 0 saturated carbocycles. The fourth-order valence-corrected chi connectivity index (χ4v) is 0.880. The molecule has 4 N–H and O–H groups in total. The molecule has 0 atom stereocenters. The van der Waals surface area contributed by atoms with Crippen LogP contribution in [0.1, 0.15) is 0 Å². The first-order valence-corrected chi connectivity index (χ1v) is 5.12. The number of rotatable bonds is 5. The smallest absolute Gasteiger partial charge is 0.266 e. The van der Waals surface area contributed by atoms with Crippen LogP contribution in [-0.2, 0) is 19.7 Å². The highest BCUT2D eigenvalue weighted by Crippen LogP contribution is 1.79. The number of hydrogen-bond acceptors (Lipinski definition) is 4. The fraction of sp³-hybridized carbons (Fsp3) is 0.333. The first-order chi connectivity index (χ1) is 6.31. The van der Waals surface area contributed by atoms with Gasteiger partial charge in [-0.3, -0.25) is 14.1 Å². The Morgan fingerprint density at radius 3 is 2.36 bits per heavy atom. The van der Waals surface area contributed by atoms with E-state index in [4.69, 9.17) is 10.3 Å². The minimum absolute atomic E-state index is 0.235. The minimum atomic E-state index is -4.08. The van der Waals surface area contributed by atoms with Gasteiger partial charge in [-0.15, -0.1) is 0 Å². The van der Waals surface area contributed by atoms with Gasteiger partial charge >= 0.3 is 0 Å². The number of primary amides is 1. The molecule has 0 aliphatic carbocycles. The standard InChI is InChI=1S/C6H10N2O5S/c7-5(9)1-2-6(10)8-3-4-14(11,12)13/h1-2H,3-4H2,(H2,7,9)(H,8,10)(H,11,12,13)/b2-1-. The summed E-state index contributed by atoms with van der Waals surface area (Å²) in [6.07, 6.45) is 1.70. The first kappa shape index (κ1) is 12.6. The average molecular weight is 222 g/mol. The van der Waals surface area contributed by atoms with Gasteiger partial charge in [0.15, 0.2) is 0 Å². The topological polar surface area (TPSA) is 127 Å². The van der Waals surface area contributed by atoms with E-state index in [0.29, 0.717) is 0 Å². The fourth-order valence-electron chi connectivity index (χ4n) is 0.520. The zero-order chi connectivity index (χ0) is 11.2. The molecule has 0 aliphatic heterocycles. The summed E-state index contributed by atoms with van der Waals surface area (Å²) < 4.78 is 28.7. The van der Waals surface area contributed by atoms with Crippen molar-refractivity contribution in [1.82, 2.24) is 5.32 Å². The Balaban J connectivity index is 3.82. The monoisotopic (exact) mass is 222 g/mol. The molecule has 0 rings (SSSR count). The molecule has 0 heterocycles. The number of carbonyl (C=O) groups excluding carboxylic acids is 2. The van der Waals surface area contributed by atoms with Crippen molar-refractivity contribution in [2.45, 2.75) is 0 Å². The zero-order valence-electron chi connectivity index (χ0n) is 7.13. The van der Waals surface area contributed by atoms with E-state index in [1.165, 1.54) is 0 Å². The van der Waals surface area contributed by atoms with E-state index >= 15 is 0 Å². The lowest BCUT2D eigenvalue weighted by Crippen LogP contribution is -2.27. The van der Waals surface area contributed by atoms with Gasteiger partial charge in [0, 0.05) is 18.7 Å². The summed E-state index contributed by atoms with van der Waals surface area (Å²) >= 11 is 0. The SMILES string of the molecule is NC(=O)/C=C\C(=O)NCCS(=O)(=O)O. The summed E-state index contributed by atoms with van der Waals surface area (Å²) in [5.41, 5.74) is 4.70. The molecule has 0 radical (unpaired) electrons. The average Bonchev–Trinajstić information content (AvgIpc) is 1.98. The van der Waals surface area contributed by atoms with E-state index in [9.17, 15) is 18.0 Å². The number of nitrogens with two attached hydrogens (primary N) is 1. The lowest BCUT2D eigenvalue weighted by atomic mass is 10.4. The quantitative estimate of drug-likeness (QED) is 0.367. The van der Waals surface area contributed by atoms with Crippen LogP contribution in [0.4, 0.5) is 0 Å². The van der Waals surface area contributed by atoms with Crippen molar-refractivity contribution in [2.24, 2.45) is 5.73 Å². The summed E-state index contributed by atoms with van der Waals surface area (Å²) in [6, 6.07) is 0. The Bertz CT molecular complexity index is 345. The number of nitrogens with one attached hydrogen (secondary N) is 1. The van der Waals surface area contributed by atoms with Crippen LogP contribution in [0.15, 0.2) is 12.2 Å². The van der Waals surface area contributed by atoms with Crippen LogP contribution < -0.4 is 11.1 Å². The first-order valence-electron chi connectivity index (χ1n) is 3.52.